The van der Waals surface area contributed by atoms with Crippen LogP contribution in [0.2, 0.25) is 10.0 Å². The molecule has 8 heteroatoms. The first-order valence-electron chi connectivity index (χ1n) is 7.74. The van der Waals surface area contributed by atoms with E-state index in [0.29, 0.717) is 28.1 Å². The van der Waals surface area contributed by atoms with E-state index in [2.05, 4.69) is 5.32 Å². The summed E-state index contributed by atoms with van der Waals surface area (Å²) in [4.78, 5) is 11.9. The summed E-state index contributed by atoms with van der Waals surface area (Å²) in [5.41, 5.74) is 0.322. The van der Waals surface area contributed by atoms with Crippen molar-refractivity contribution in [1.82, 2.24) is 5.32 Å². The van der Waals surface area contributed by atoms with Gasteiger partial charge in [0.05, 0.1) is 17.0 Å². The Morgan fingerprint density at radius 2 is 1.88 bits per heavy atom. The van der Waals surface area contributed by atoms with Crippen molar-refractivity contribution in [2.45, 2.75) is 39.7 Å². The van der Waals surface area contributed by atoms with Crippen LogP contribution in [0.1, 0.15) is 33.6 Å². The molecule has 24 heavy (non-hydrogen) atoms. The van der Waals surface area contributed by atoms with Gasteiger partial charge in [-0.2, -0.15) is 0 Å². The summed E-state index contributed by atoms with van der Waals surface area (Å²) in [6.07, 6.45) is 1.72. The Labute approximate surface area is 154 Å². The van der Waals surface area contributed by atoms with Gasteiger partial charge in [-0.1, -0.05) is 37.0 Å². The zero-order valence-electron chi connectivity index (χ0n) is 14.3. The molecule has 0 aliphatic carbocycles. The first-order chi connectivity index (χ1) is 11.0. The van der Waals surface area contributed by atoms with Crippen LogP contribution in [-0.2, 0) is 14.8 Å². The lowest BCUT2D eigenvalue weighted by molar-refractivity contribution is -0.122. The van der Waals surface area contributed by atoms with Crippen LogP contribution in [0.3, 0.4) is 0 Å². The monoisotopic (exact) mass is 394 g/mol. The van der Waals surface area contributed by atoms with E-state index in [1.165, 1.54) is 10.4 Å². The molecule has 1 aromatic rings. The molecule has 0 aromatic heterocycles. The number of nitrogens with one attached hydrogen (secondary N) is 1. The number of hydrogen-bond donors (Lipinski definition) is 1. The molecule has 1 N–H and O–H groups in total. The van der Waals surface area contributed by atoms with Crippen LogP contribution in [0.15, 0.2) is 18.2 Å². The van der Waals surface area contributed by atoms with Gasteiger partial charge in [-0.05, 0) is 37.5 Å². The van der Waals surface area contributed by atoms with Gasteiger partial charge in [0, 0.05) is 24.0 Å². The molecular formula is C16H24Cl2N2O3S. The van der Waals surface area contributed by atoms with Crippen LogP contribution in [0, 0.1) is 5.92 Å². The Hall–Kier alpha value is -0.980. The molecule has 5 nitrogen and oxygen atoms in total. The van der Waals surface area contributed by atoms with Crippen LogP contribution in [0.5, 0.6) is 0 Å². The minimum atomic E-state index is -3.53. The SMILES string of the molecule is CC(C)C(C)NC(=O)CCCN(c1cc(Cl)ccc1Cl)S(C)(=O)=O. The number of carbonyl (C=O) groups excluding carboxylic acids is 1. The summed E-state index contributed by atoms with van der Waals surface area (Å²) in [7, 11) is -3.53. The predicted octanol–water partition coefficient (Wildman–Crippen LogP) is 3.70. The maximum absolute atomic E-state index is 12.1. The third-order valence-electron chi connectivity index (χ3n) is 3.73. The number of amides is 1. The topological polar surface area (TPSA) is 66.5 Å². The Morgan fingerprint density at radius 1 is 1.25 bits per heavy atom. The van der Waals surface area contributed by atoms with Crippen molar-refractivity contribution >= 4 is 44.8 Å². The third kappa shape index (κ3) is 6.49. The number of sulfonamides is 1. The summed E-state index contributed by atoms with van der Waals surface area (Å²) in [6.45, 7) is 6.15. The highest BCUT2D eigenvalue weighted by Gasteiger charge is 2.21. The molecule has 0 saturated carbocycles. The second-order valence-electron chi connectivity index (χ2n) is 6.13. The predicted molar refractivity (Wildman–Crippen MR) is 100 cm³/mol. The van der Waals surface area contributed by atoms with Gasteiger partial charge in [0.1, 0.15) is 0 Å². The number of halogens is 2. The van der Waals surface area contributed by atoms with Gasteiger partial charge >= 0.3 is 0 Å². The lowest BCUT2D eigenvalue weighted by atomic mass is 10.1. The number of rotatable bonds is 8. The Bertz CT molecular complexity index is 678. The molecule has 0 saturated heterocycles. The van der Waals surface area contributed by atoms with E-state index in [1.807, 2.05) is 20.8 Å². The van der Waals surface area contributed by atoms with Crippen LogP contribution in [0.25, 0.3) is 0 Å². The molecule has 0 aliphatic rings. The summed E-state index contributed by atoms with van der Waals surface area (Å²) in [5, 5.41) is 3.59. The zero-order valence-corrected chi connectivity index (χ0v) is 16.7. The minimum absolute atomic E-state index is 0.0749. The standard InChI is InChI=1S/C16H24Cl2N2O3S/c1-11(2)12(3)19-16(21)6-5-9-20(24(4,22)23)15-10-13(17)7-8-14(15)18/h7-8,10-12H,5-6,9H2,1-4H3,(H,19,21). The quantitative estimate of drug-likeness (QED) is 0.730. The second kappa shape index (κ2) is 8.92. The molecule has 0 bridgehead atoms. The molecule has 136 valence electrons. The molecule has 1 unspecified atom stereocenters. The average molecular weight is 395 g/mol. The molecule has 0 spiro atoms. The smallest absolute Gasteiger partial charge is 0.232 e. The first kappa shape index (κ1) is 21.1. The van der Waals surface area contributed by atoms with E-state index >= 15 is 0 Å². The van der Waals surface area contributed by atoms with Crippen LogP contribution >= 0.6 is 23.2 Å². The lowest BCUT2D eigenvalue weighted by Crippen LogP contribution is -2.37. The Morgan fingerprint density at radius 3 is 2.42 bits per heavy atom. The average Bonchev–Trinajstić information content (AvgIpc) is 2.45. The maximum Gasteiger partial charge on any atom is 0.232 e. The van der Waals surface area contributed by atoms with Gasteiger partial charge < -0.3 is 5.32 Å². The highest BCUT2D eigenvalue weighted by molar-refractivity contribution is 7.92. The largest absolute Gasteiger partial charge is 0.353 e. The van der Waals surface area contributed by atoms with Crippen molar-refractivity contribution in [3.8, 4) is 0 Å². The fourth-order valence-corrected chi connectivity index (χ4v) is 3.42. The van der Waals surface area contributed by atoms with Crippen molar-refractivity contribution in [1.29, 1.82) is 0 Å². The van der Waals surface area contributed by atoms with Gasteiger partial charge in [-0.15, -0.1) is 0 Å². The molecule has 1 atom stereocenters. The molecular weight excluding hydrogens is 371 g/mol. The molecule has 1 aromatic carbocycles. The molecule has 0 fully saturated rings. The van der Waals surface area contributed by atoms with Crippen molar-refractivity contribution in [2.24, 2.45) is 5.92 Å². The van der Waals surface area contributed by atoms with Crippen molar-refractivity contribution in [3.05, 3.63) is 28.2 Å². The number of hydrogen-bond acceptors (Lipinski definition) is 3. The van der Waals surface area contributed by atoms with Gasteiger partial charge in [-0.25, -0.2) is 8.42 Å². The van der Waals surface area contributed by atoms with Gasteiger partial charge in [0.2, 0.25) is 15.9 Å². The summed E-state index contributed by atoms with van der Waals surface area (Å²) < 4.78 is 25.3. The number of anilines is 1. The second-order valence-corrected chi connectivity index (χ2v) is 8.89. The summed E-state index contributed by atoms with van der Waals surface area (Å²) in [6, 6.07) is 4.72. The zero-order chi connectivity index (χ0) is 18.5. The fraction of sp³-hybridized carbons (Fsp3) is 0.562. The van der Waals surface area contributed by atoms with Gasteiger partial charge in [-0.3, -0.25) is 9.10 Å². The normalized spacial score (nSPS) is 13.0. The van der Waals surface area contributed by atoms with Gasteiger partial charge in [0.25, 0.3) is 0 Å². The lowest BCUT2D eigenvalue weighted by Gasteiger charge is -2.24. The van der Waals surface area contributed by atoms with Crippen molar-refractivity contribution in [2.75, 3.05) is 17.1 Å². The third-order valence-corrected chi connectivity index (χ3v) is 5.47. The van der Waals surface area contributed by atoms with E-state index in [4.69, 9.17) is 23.2 Å². The number of nitrogens with zero attached hydrogens (tertiary/aromatic N) is 1. The molecule has 0 radical (unpaired) electrons. The maximum atomic E-state index is 12.1. The van der Waals surface area contributed by atoms with E-state index < -0.39 is 10.0 Å². The van der Waals surface area contributed by atoms with Gasteiger partial charge in [0.15, 0.2) is 0 Å². The number of benzene rings is 1. The minimum Gasteiger partial charge on any atom is -0.353 e. The molecule has 1 rings (SSSR count). The van der Waals surface area contributed by atoms with Crippen LogP contribution < -0.4 is 9.62 Å². The van der Waals surface area contributed by atoms with Crippen molar-refractivity contribution in [3.63, 3.8) is 0 Å². The van der Waals surface area contributed by atoms with Crippen molar-refractivity contribution < 1.29 is 13.2 Å². The van der Waals surface area contributed by atoms with E-state index in [-0.39, 0.29) is 24.9 Å². The van der Waals surface area contributed by atoms with E-state index in [9.17, 15) is 13.2 Å². The molecule has 0 aliphatic heterocycles. The molecule has 0 heterocycles. The van der Waals surface area contributed by atoms with E-state index in [0.717, 1.165) is 6.26 Å². The highest BCUT2D eigenvalue weighted by Crippen LogP contribution is 2.30. The fourth-order valence-electron chi connectivity index (χ4n) is 2.02. The highest BCUT2D eigenvalue weighted by atomic mass is 35.5. The Kier molecular flexibility index (Phi) is 7.83. The summed E-state index contributed by atoms with van der Waals surface area (Å²) in [5.74, 6) is 0.244. The van der Waals surface area contributed by atoms with Crippen LogP contribution in [-0.4, -0.2) is 33.2 Å². The molecule has 1 amide bonds. The van der Waals surface area contributed by atoms with Crippen LogP contribution in [0.4, 0.5) is 5.69 Å². The van der Waals surface area contributed by atoms with E-state index in [1.54, 1.807) is 12.1 Å². The summed E-state index contributed by atoms with van der Waals surface area (Å²) >= 11 is 12.0. The Balaban J connectivity index is 2.76. The first-order valence-corrected chi connectivity index (χ1v) is 10.3. The number of carbonyl (C=O) groups is 1.